The van der Waals surface area contributed by atoms with Crippen LogP contribution in [0.3, 0.4) is 0 Å². The molecule has 22 heavy (non-hydrogen) atoms. The van der Waals surface area contributed by atoms with E-state index in [1.54, 1.807) is 16.0 Å². The number of hydrogen-bond acceptors (Lipinski definition) is 7. The maximum atomic E-state index is 6.16. The molecule has 0 saturated heterocycles. The molecule has 0 aliphatic heterocycles. The third-order valence-electron chi connectivity index (χ3n) is 2.69. The number of nitrogens with zero attached hydrogens (tertiary/aromatic N) is 5. The highest BCUT2D eigenvalue weighted by atomic mass is 79.9. The van der Waals surface area contributed by atoms with E-state index >= 15 is 0 Å². The van der Waals surface area contributed by atoms with Crippen molar-refractivity contribution in [2.75, 3.05) is 0 Å². The smallest absolute Gasteiger partial charge is 0.222 e. The first-order valence-electron chi connectivity index (χ1n) is 6.22. The van der Waals surface area contributed by atoms with Crippen LogP contribution in [-0.2, 0) is 5.41 Å². The fourth-order valence-electron chi connectivity index (χ4n) is 1.67. The fourth-order valence-corrected chi connectivity index (χ4v) is 6.25. The van der Waals surface area contributed by atoms with Crippen LogP contribution in [0.1, 0.15) is 26.5 Å². The van der Waals surface area contributed by atoms with Crippen LogP contribution in [0.5, 0.6) is 0 Å². The second-order valence-electron chi connectivity index (χ2n) is 5.40. The normalized spacial score (nSPS) is 12.0. The number of halogens is 2. The largest absolute Gasteiger partial charge is 0.232 e. The van der Waals surface area contributed by atoms with Crippen LogP contribution < -0.4 is 0 Å². The summed E-state index contributed by atoms with van der Waals surface area (Å²) >= 11 is 14.3. The van der Waals surface area contributed by atoms with E-state index in [-0.39, 0.29) is 5.41 Å². The molecule has 0 spiro atoms. The van der Waals surface area contributed by atoms with Gasteiger partial charge in [0, 0.05) is 5.41 Å². The molecule has 0 fully saturated rings. The zero-order chi connectivity index (χ0) is 15.9. The average Bonchev–Trinajstić information content (AvgIpc) is 3.10. The zero-order valence-corrected chi connectivity index (χ0v) is 16.7. The molecular weight excluding hydrogens is 426 g/mol. The third kappa shape index (κ3) is 3.23. The van der Waals surface area contributed by atoms with Gasteiger partial charge in [-0.05, 0) is 49.6 Å². The van der Waals surface area contributed by atoms with Crippen LogP contribution >= 0.6 is 62.0 Å². The Labute approximate surface area is 153 Å². The number of tetrazole rings is 1. The highest BCUT2D eigenvalue weighted by Crippen LogP contribution is 2.40. The SMILES string of the molecule is CC(C)(C)c1nc(Sc2nnnn2-c2sccc2Cl)sc1Br. The number of rotatable bonds is 3. The fraction of sp³-hybridized carbons (Fsp3) is 0.333. The molecule has 0 aliphatic rings. The molecule has 0 bridgehead atoms. The van der Waals surface area contributed by atoms with Gasteiger partial charge in [-0.1, -0.05) is 43.7 Å². The van der Waals surface area contributed by atoms with Crippen molar-refractivity contribution in [3.05, 3.63) is 25.9 Å². The van der Waals surface area contributed by atoms with Gasteiger partial charge in [0.25, 0.3) is 0 Å². The van der Waals surface area contributed by atoms with E-state index in [1.807, 2.05) is 11.4 Å². The Morgan fingerprint density at radius 2 is 2.14 bits per heavy atom. The molecule has 0 amide bonds. The van der Waals surface area contributed by atoms with E-state index in [0.717, 1.165) is 18.8 Å². The molecule has 10 heteroatoms. The van der Waals surface area contributed by atoms with Gasteiger partial charge in [0.05, 0.1) is 14.5 Å². The number of thiophene rings is 1. The summed E-state index contributed by atoms with van der Waals surface area (Å²) in [4.78, 5) is 4.70. The molecule has 3 aromatic rings. The van der Waals surface area contributed by atoms with Gasteiger partial charge in [-0.15, -0.1) is 16.4 Å². The molecule has 0 atom stereocenters. The number of thiazole rings is 1. The van der Waals surface area contributed by atoms with E-state index in [0.29, 0.717) is 10.2 Å². The van der Waals surface area contributed by atoms with Gasteiger partial charge < -0.3 is 0 Å². The molecular formula is C12H11BrClN5S3. The highest BCUT2D eigenvalue weighted by Gasteiger charge is 2.23. The molecule has 0 N–H and O–H groups in total. The van der Waals surface area contributed by atoms with Gasteiger partial charge >= 0.3 is 0 Å². The van der Waals surface area contributed by atoms with Crippen molar-refractivity contribution in [2.45, 2.75) is 35.7 Å². The minimum absolute atomic E-state index is 0.0167. The Bertz CT molecular complexity index is 804. The molecule has 0 radical (unpaired) electrons. The highest BCUT2D eigenvalue weighted by molar-refractivity contribution is 9.11. The topological polar surface area (TPSA) is 56.5 Å². The first-order valence-corrected chi connectivity index (χ1v) is 9.91. The third-order valence-corrected chi connectivity index (χ3v) is 6.69. The second-order valence-corrected chi connectivity index (χ2v) is 10.2. The van der Waals surface area contributed by atoms with Crippen molar-refractivity contribution in [1.29, 1.82) is 0 Å². The quantitative estimate of drug-likeness (QED) is 0.575. The lowest BCUT2D eigenvalue weighted by Gasteiger charge is -2.15. The van der Waals surface area contributed by atoms with E-state index in [9.17, 15) is 0 Å². The van der Waals surface area contributed by atoms with Crippen LogP contribution in [0.15, 0.2) is 24.7 Å². The van der Waals surface area contributed by atoms with Gasteiger partial charge in [-0.3, -0.25) is 0 Å². The minimum atomic E-state index is -0.0167. The predicted molar refractivity (Wildman–Crippen MR) is 94.7 cm³/mol. The Kier molecular flexibility index (Phi) is 4.61. The van der Waals surface area contributed by atoms with E-state index < -0.39 is 0 Å². The Morgan fingerprint density at radius 1 is 1.36 bits per heavy atom. The van der Waals surface area contributed by atoms with Crippen LogP contribution in [0.2, 0.25) is 5.02 Å². The van der Waals surface area contributed by atoms with Crippen molar-refractivity contribution in [3.63, 3.8) is 0 Å². The van der Waals surface area contributed by atoms with Gasteiger partial charge in [0.15, 0.2) is 4.34 Å². The first-order chi connectivity index (χ1) is 10.4. The number of aromatic nitrogens is 5. The Balaban J connectivity index is 1.93. The Hall–Kier alpha value is -0.480. The summed E-state index contributed by atoms with van der Waals surface area (Å²) in [5.74, 6) is 0. The molecule has 116 valence electrons. The van der Waals surface area contributed by atoms with Crippen molar-refractivity contribution >= 4 is 62.0 Å². The van der Waals surface area contributed by atoms with E-state index in [4.69, 9.17) is 16.6 Å². The molecule has 0 aromatic carbocycles. The van der Waals surface area contributed by atoms with E-state index in [2.05, 4.69) is 52.2 Å². The molecule has 5 nitrogen and oxygen atoms in total. The molecule has 3 heterocycles. The van der Waals surface area contributed by atoms with Crippen molar-refractivity contribution in [2.24, 2.45) is 0 Å². The summed E-state index contributed by atoms with van der Waals surface area (Å²) < 4.78 is 3.57. The predicted octanol–water partition coefficient (Wildman–Crippen LogP) is 5.04. The number of hydrogen-bond donors (Lipinski definition) is 0. The van der Waals surface area contributed by atoms with Crippen molar-refractivity contribution in [1.82, 2.24) is 25.2 Å². The molecule has 0 saturated carbocycles. The van der Waals surface area contributed by atoms with Crippen LogP contribution in [0.25, 0.3) is 5.00 Å². The van der Waals surface area contributed by atoms with Gasteiger partial charge in [0.1, 0.15) is 5.00 Å². The van der Waals surface area contributed by atoms with Crippen molar-refractivity contribution < 1.29 is 0 Å². The lowest BCUT2D eigenvalue weighted by molar-refractivity contribution is 0.566. The molecule has 0 aliphatic carbocycles. The second kappa shape index (κ2) is 6.20. The molecule has 3 rings (SSSR count). The van der Waals surface area contributed by atoms with Crippen LogP contribution in [-0.4, -0.2) is 25.2 Å². The standard InChI is InChI=1S/C12H11BrClN5S3/c1-12(2,3)7-8(13)21-11(15-7)22-10-16-17-18-19(10)9-6(14)4-5-20-9/h4-5H,1-3H3. The van der Waals surface area contributed by atoms with Crippen LogP contribution in [0.4, 0.5) is 0 Å². The molecule has 0 unspecified atom stereocenters. The van der Waals surface area contributed by atoms with Crippen molar-refractivity contribution in [3.8, 4) is 5.00 Å². The monoisotopic (exact) mass is 435 g/mol. The summed E-state index contributed by atoms with van der Waals surface area (Å²) in [6.45, 7) is 6.41. The summed E-state index contributed by atoms with van der Waals surface area (Å²) in [6, 6.07) is 1.83. The summed E-state index contributed by atoms with van der Waals surface area (Å²) in [5.41, 5.74) is 1.02. The lowest BCUT2D eigenvalue weighted by Crippen LogP contribution is -2.12. The van der Waals surface area contributed by atoms with Gasteiger partial charge in [-0.2, -0.15) is 4.68 Å². The van der Waals surface area contributed by atoms with Crippen LogP contribution in [0, 0.1) is 0 Å². The summed E-state index contributed by atoms with van der Waals surface area (Å²) in [6.07, 6.45) is 0. The first kappa shape index (κ1) is 16.4. The average molecular weight is 437 g/mol. The van der Waals surface area contributed by atoms with E-state index in [1.165, 1.54) is 23.1 Å². The zero-order valence-electron chi connectivity index (χ0n) is 11.9. The maximum absolute atomic E-state index is 6.16. The molecule has 3 aromatic heterocycles. The Morgan fingerprint density at radius 3 is 2.73 bits per heavy atom. The lowest BCUT2D eigenvalue weighted by atomic mass is 9.93. The van der Waals surface area contributed by atoms with Gasteiger partial charge in [-0.25, -0.2) is 4.98 Å². The maximum Gasteiger partial charge on any atom is 0.222 e. The summed E-state index contributed by atoms with van der Waals surface area (Å²) in [7, 11) is 0. The minimum Gasteiger partial charge on any atom is -0.232 e. The summed E-state index contributed by atoms with van der Waals surface area (Å²) in [5, 5.41) is 15.8. The van der Waals surface area contributed by atoms with Gasteiger partial charge in [0.2, 0.25) is 5.16 Å².